The Morgan fingerprint density at radius 2 is 1.97 bits per heavy atom. The highest BCUT2D eigenvalue weighted by molar-refractivity contribution is 6.00. The van der Waals surface area contributed by atoms with Crippen molar-refractivity contribution in [2.45, 2.75) is 39.3 Å². The summed E-state index contributed by atoms with van der Waals surface area (Å²) in [5.41, 5.74) is 5.62. The fraction of sp³-hybridized carbons (Fsp3) is 0.292. The fourth-order valence-corrected chi connectivity index (χ4v) is 3.66. The van der Waals surface area contributed by atoms with E-state index < -0.39 is 0 Å². The molecule has 0 bridgehead atoms. The van der Waals surface area contributed by atoms with Crippen molar-refractivity contribution in [3.63, 3.8) is 0 Å². The van der Waals surface area contributed by atoms with Gasteiger partial charge in [-0.2, -0.15) is 5.10 Å². The van der Waals surface area contributed by atoms with Crippen LogP contribution in [0.4, 0.5) is 0 Å². The summed E-state index contributed by atoms with van der Waals surface area (Å²) in [6, 6.07) is 16.1. The lowest BCUT2D eigenvalue weighted by Crippen LogP contribution is -2.47. The highest BCUT2D eigenvalue weighted by Gasteiger charge is 2.24. The molecule has 2 amide bonds. The predicted molar refractivity (Wildman–Crippen MR) is 116 cm³/mol. The van der Waals surface area contributed by atoms with Crippen LogP contribution in [0.25, 0.3) is 11.3 Å². The van der Waals surface area contributed by atoms with Crippen LogP contribution in [0.3, 0.4) is 0 Å². The van der Waals surface area contributed by atoms with Crippen LogP contribution in [-0.4, -0.2) is 34.2 Å². The van der Waals surface area contributed by atoms with Crippen molar-refractivity contribution in [1.29, 1.82) is 0 Å². The summed E-state index contributed by atoms with van der Waals surface area (Å²) >= 11 is 0. The zero-order chi connectivity index (χ0) is 21.1. The van der Waals surface area contributed by atoms with Gasteiger partial charge in [0.1, 0.15) is 5.69 Å². The molecule has 1 aromatic heterocycles. The number of rotatable bonds is 5. The number of aromatic nitrogens is 2. The van der Waals surface area contributed by atoms with E-state index in [9.17, 15) is 9.59 Å². The van der Waals surface area contributed by atoms with Crippen molar-refractivity contribution in [1.82, 2.24) is 20.4 Å². The van der Waals surface area contributed by atoms with Gasteiger partial charge in [-0.3, -0.25) is 14.3 Å². The lowest BCUT2D eigenvalue weighted by molar-refractivity contribution is -0.122. The average Bonchev–Trinajstić information content (AvgIpc) is 3.16. The molecule has 2 heterocycles. The van der Waals surface area contributed by atoms with Gasteiger partial charge in [-0.05, 0) is 43.0 Å². The van der Waals surface area contributed by atoms with Crippen molar-refractivity contribution in [2.75, 3.05) is 6.54 Å². The summed E-state index contributed by atoms with van der Waals surface area (Å²) in [6.45, 7) is 5.18. The fourth-order valence-electron chi connectivity index (χ4n) is 3.66. The number of amides is 2. The minimum atomic E-state index is -0.163. The number of piperidine rings is 1. The molecule has 1 aliphatic rings. The smallest absolute Gasteiger partial charge is 0.255 e. The third-order valence-corrected chi connectivity index (χ3v) is 5.57. The van der Waals surface area contributed by atoms with E-state index in [-0.39, 0.29) is 17.9 Å². The van der Waals surface area contributed by atoms with E-state index in [0.717, 1.165) is 16.7 Å². The molecule has 2 N–H and O–H groups in total. The molecule has 30 heavy (non-hydrogen) atoms. The molecule has 4 rings (SSSR count). The quantitative estimate of drug-likeness (QED) is 0.688. The van der Waals surface area contributed by atoms with Crippen LogP contribution in [-0.2, 0) is 11.3 Å². The maximum absolute atomic E-state index is 13.1. The molecule has 0 radical (unpaired) electrons. The van der Waals surface area contributed by atoms with E-state index in [1.807, 2.05) is 47.3 Å². The number of hydrogen-bond acceptors (Lipinski definition) is 3. The average molecular weight is 402 g/mol. The zero-order valence-electron chi connectivity index (χ0n) is 17.3. The number of benzene rings is 2. The van der Waals surface area contributed by atoms with E-state index >= 15 is 0 Å². The third-order valence-electron chi connectivity index (χ3n) is 5.57. The number of carbonyl (C=O) groups excluding carboxylic acids is 2. The Morgan fingerprint density at radius 3 is 2.67 bits per heavy atom. The Kier molecular flexibility index (Phi) is 5.65. The summed E-state index contributed by atoms with van der Waals surface area (Å²) < 4.78 is 1.82. The summed E-state index contributed by atoms with van der Waals surface area (Å²) in [5.74, 6) is -0.129. The molecule has 6 nitrogen and oxygen atoms in total. The lowest BCUT2D eigenvalue weighted by atomic mass is 10.0. The number of nitrogens with zero attached hydrogens (tertiary/aromatic N) is 2. The second-order valence-electron chi connectivity index (χ2n) is 7.89. The lowest BCUT2D eigenvalue weighted by Gasteiger charge is -2.23. The Balaban J connectivity index is 1.65. The number of carbonyl (C=O) groups is 2. The topological polar surface area (TPSA) is 76.0 Å². The van der Waals surface area contributed by atoms with Gasteiger partial charge in [0.15, 0.2) is 0 Å². The van der Waals surface area contributed by atoms with E-state index in [4.69, 9.17) is 5.10 Å². The Bertz CT molecular complexity index is 1060. The van der Waals surface area contributed by atoms with Crippen LogP contribution in [0, 0.1) is 13.8 Å². The summed E-state index contributed by atoms with van der Waals surface area (Å²) in [4.78, 5) is 24.5. The van der Waals surface area contributed by atoms with Crippen LogP contribution in [0.5, 0.6) is 0 Å². The molecule has 6 heteroatoms. The third kappa shape index (κ3) is 4.43. The molecule has 1 fully saturated rings. The van der Waals surface area contributed by atoms with Crippen molar-refractivity contribution >= 4 is 11.8 Å². The molecule has 1 unspecified atom stereocenters. The van der Waals surface area contributed by atoms with Gasteiger partial charge >= 0.3 is 0 Å². The van der Waals surface area contributed by atoms with Crippen LogP contribution >= 0.6 is 0 Å². The number of aryl methyl sites for hydroxylation is 2. The molecule has 0 aliphatic carbocycles. The standard InChI is InChI=1S/C24H26N4O2/c1-16-8-9-19(12-17(16)2)23-21(24(30)26-20-10-11-22(29)25-13-20)15-28(27-23)14-18-6-4-3-5-7-18/h3-9,12,15,20H,10-11,13-14H2,1-2H3,(H,25,29)(H,26,30). The van der Waals surface area contributed by atoms with Gasteiger partial charge in [-0.1, -0.05) is 42.5 Å². The Labute approximate surface area is 176 Å². The number of hydrogen-bond donors (Lipinski definition) is 2. The van der Waals surface area contributed by atoms with Gasteiger partial charge in [0, 0.05) is 30.8 Å². The van der Waals surface area contributed by atoms with Gasteiger partial charge in [0.05, 0.1) is 12.1 Å². The van der Waals surface area contributed by atoms with E-state index in [1.54, 1.807) is 0 Å². The van der Waals surface area contributed by atoms with Gasteiger partial charge in [0.25, 0.3) is 5.91 Å². The molecule has 0 spiro atoms. The van der Waals surface area contributed by atoms with Crippen molar-refractivity contribution < 1.29 is 9.59 Å². The molecular formula is C24H26N4O2. The zero-order valence-corrected chi connectivity index (χ0v) is 17.3. The molecular weight excluding hydrogens is 376 g/mol. The van der Waals surface area contributed by atoms with E-state index in [2.05, 4.69) is 36.6 Å². The van der Waals surface area contributed by atoms with Crippen LogP contribution in [0.1, 0.15) is 39.9 Å². The Hall–Kier alpha value is -3.41. The minimum absolute atomic E-state index is 0.0343. The minimum Gasteiger partial charge on any atom is -0.354 e. The summed E-state index contributed by atoms with van der Waals surface area (Å²) in [6.07, 6.45) is 2.89. The highest BCUT2D eigenvalue weighted by atomic mass is 16.2. The first kappa shape index (κ1) is 19.9. The van der Waals surface area contributed by atoms with Gasteiger partial charge in [-0.15, -0.1) is 0 Å². The highest BCUT2D eigenvalue weighted by Crippen LogP contribution is 2.25. The Morgan fingerprint density at radius 1 is 1.17 bits per heavy atom. The van der Waals surface area contributed by atoms with E-state index in [1.165, 1.54) is 5.56 Å². The SMILES string of the molecule is Cc1ccc(-c2nn(Cc3ccccc3)cc2C(=O)NC2CCC(=O)NC2)cc1C. The van der Waals surface area contributed by atoms with Crippen LogP contribution in [0.15, 0.2) is 54.7 Å². The molecule has 1 aliphatic heterocycles. The summed E-state index contributed by atoms with van der Waals surface area (Å²) in [7, 11) is 0. The van der Waals surface area contributed by atoms with Crippen molar-refractivity contribution in [3.8, 4) is 11.3 Å². The van der Waals surface area contributed by atoms with Gasteiger partial charge in [0.2, 0.25) is 5.91 Å². The van der Waals surface area contributed by atoms with Crippen molar-refractivity contribution in [3.05, 3.63) is 77.0 Å². The molecule has 1 atom stereocenters. The second kappa shape index (κ2) is 8.53. The first-order valence-electron chi connectivity index (χ1n) is 10.3. The molecule has 2 aromatic carbocycles. The van der Waals surface area contributed by atoms with Crippen LogP contribution < -0.4 is 10.6 Å². The predicted octanol–water partition coefficient (Wildman–Crippen LogP) is 3.22. The molecule has 1 saturated heterocycles. The van der Waals surface area contributed by atoms with Gasteiger partial charge in [-0.25, -0.2) is 0 Å². The largest absolute Gasteiger partial charge is 0.354 e. The maximum atomic E-state index is 13.1. The van der Waals surface area contributed by atoms with E-state index in [0.29, 0.717) is 37.2 Å². The van der Waals surface area contributed by atoms with Crippen molar-refractivity contribution in [2.24, 2.45) is 0 Å². The molecule has 0 saturated carbocycles. The first-order valence-corrected chi connectivity index (χ1v) is 10.3. The van der Waals surface area contributed by atoms with Crippen LogP contribution in [0.2, 0.25) is 0 Å². The maximum Gasteiger partial charge on any atom is 0.255 e. The second-order valence-corrected chi connectivity index (χ2v) is 7.89. The summed E-state index contributed by atoms with van der Waals surface area (Å²) in [5, 5.41) is 10.6. The monoisotopic (exact) mass is 402 g/mol. The molecule has 3 aromatic rings. The normalized spacial score (nSPS) is 16.2. The van der Waals surface area contributed by atoms with Gasteiger partial charge < -0.3 is 10.6 Å². The molecule has 154 valence electrons. The number of nitrogens with one attached hydrogen (secondary N) is 2. The first-order chi connectivity index (χ1) is 14.5.